The summed E-state index contributed by atoms with van der Waals surface area (Å²) in [5, 5.41) is 8.97. The Bertz CT molecular complexity index is 443. The van der Waals surface area contributed by atoms with Crippen molar-refractivity contribution < 1.29 is 8.97 Å². The van der Waals surface area contributed by atoms with Crippen molar-refractivity contribution in [1.82, 2.24) is 10.2 Å². The van der Waals surface area contributed by atoms with Crippen molar-refractivity contribution in [3.8, 4) is 0 Å². The minimum Gasteiger partial charge on any atom is -0.344 e. The number of hydrogen-bond donors (Lipinski definition) is 0. The first-order valence-corrected chi connectivity index (χ1v) is 8.32. The van der Waals surface area contributed by atoms with Crippen molar-refractivity contribution in [2.75, 3.05) is 90.3 Å². The van der Waals surface area contributed by atoms with E-state index in [0.29, 0.717) is 0 Å². The van der Waals surface area contributed by atoms with E-state index < -0.39 is 0 Å². The number of rotatable bonds is 2. The topological polar surface area (TPSA) is 32.3 Å². The number of aromatic nitrogens is 2. The average molecular weight is 306 g/mol. The molecule has 0 aliphatic carbocycles. The van der Waals surface area contributed by atoms with Crippen LogP contribution in [0.4, 0.5) is 11.6 Å². The van der Waals surface area contributed by atoms with E-state index in [9.17, 15) is 0 Å². The Morgan fingerprint density at radius 3 is 1.27 bits per heavy atom. The maximum Gasteiger partial charge on any atom is 0.151 e. The van der Waals surface area contributed by atoms with Crippen LogP contribution in [0.5, 0.6) is 0 Å². The van der Waals surface area contributed by atoms with Crippen molar-refractivity contribution in [2.24, 2.45) is 0 Å². The zero-order valence-corrected chi connectivity index (χ0v) is 14.5. The van der Waals surface area contributed by atoms with Gasteiger partial charge in [0.1, 0.15) is 0 Å². The van der Waals surface area contributed by atoms with Crippen LogP contribution in [0.2, 0.25) is 0 Å². The quantitative estimate of drug-likeness (QED) is 0.734. The first-order chi connectivity index (χ1) is 10.3. The third kappa shape index (κ3) is 3.50. The maximum absolute atomic E-state index is 4.48. The van der Waals surface area contributed by atoms with Crippen LogP contribution in [-0.4, -0.2) is 99.7 Å². The average Bonchev–Trinajstić information content (AvgIpc) is 2.48. The molecule has 0 bridgehead atoms. The smallest absolute Gasteiger partial charge is 0.151 e. The van der Waals surface area contributed by atoms with Crippen LogP contribution in [0.1, 0.15) is 0 Å². The molecular formula is C16H30N6+2. The Balaban J connectivity index is 1.61. The largest absolute Gasteiger partial charge is 0.344 e. The summed E-state index contributed by atoms with van der Waals surface area (Å²) in [6.45, 7) is 8.94. The summed E-state index contributed by atoms with van der Waals surface area (Å²) in [5.74, 6) is 2.05. The molecule has 2 aliphatic heterocycles. The molecule has 2 saturated heterocycles. The summed E-state index contributed by atoms with van der Waals surface area (Å²) in [6.07, 6.45) is 0. The van der Waals surface area contributed by atoms with Gasteiger partial charge in [-0.3, -0.25) is 0 Å². The molecule has 6 heteroatoms. The molecule has 0 N–H and O–H groups in total. The van der Waals surface area contributed by atoms with Gasteiger partial charge in [-0.2, -0.15) is 0 Å². The lowest BCUT2D eigenvalue weighted by Gasteiger charge is -2.40. The molecule has 1 aromatic rings. The Morgan fingerprint density at radius 1 is 0.682 bits per heavy atom. The normalized spacial score (nSPS) is 24.4. The van der Waals surface area contributed by atoms with Crippen molar-refractivity contribution in [1.29, 1.82) is 0 Å². The second kappa shape index (κ2) is 5.66. The molecule has 0 saturated carbocycles. The summed E-state index contributed by atoms with van der Waals surface area (Å²) in [4.78, 5) is 4.72. The molecule has 2 aliphatic rings. The molecule has 122 valence electrons. The van der Waals surface area contributed by atoms with Gasteiger partial charge in [-0.15, -0.1) is 10.2 Å². The summed E-state index contributed by atoms with van der Waals surface area (Å²) in [6, 6.07) is 4.28. The number of hydrogen-bond acceptors (Lipinski definition) is 4. The highest BCUT2D eigenvalue weighted by Crippen LogP contribution is 2.19. The minimum absolute atomic E-state index is 1.02. The summed E-state index contributed by atoms with van der Waals surface area (Å²) in [5.41, 5.74) is 0. The fourth-order valence-electron chi connectivity index (χ4n) is 3.13. The van der Waals surface area contributed by atoms with Crippen molar-refractivity contribution in [2.45, 2.75) is 0 Å². The van der Waals surface area contributed by atoms with Crippen LogP contribution in [0, 0.1) is 0 Å². The first-order valence-electron chi connectivity index (χ1n) is 8.32. The van der Waals surface area contributed by atoms with Gasteiger partial charge < -0.3 is 18.8 Å². The lowest BCUT2D eigenvalue weighted by molar-refractivity contribution is -0.890. The zero-order valence-electron chi connectivity index (χ0n) is 14.5. The molecule has 22 heavy (non-hydrogen) atoms. The molecule has 0 spiro atoms. The Morgan fingerprint density at radius 2 is 1.00 bits per heavy atom. The van der Waals surface area contributed by atoms with E-state index in [0.717, 1.165) is 46.8 Å². The standard InChI is InChI=1S/C16H30N6/c1-21(2)11-7-19(8-12-21)15-5-6-16(18-17-15)20-9-13-22(3,4)14-10-20/h5-6H,7-14H2,1-4H3/q+2. The van der Waals surface area contributed by atoms with E-state index in [-0.39, 0.29) is 0 Å². The molecule has 0 unspecified atom stereocenters. The Hall–Kier alpha value is -1.40. The number of nitrogens with zero attached hydrogens (tertiary/aromatic N) is 6. The molecule has 3 rings (SSSR count). The van der Waals surface area contributed by atoms with Crippen LogP contribution in [0.3, 0.4) is 0 Å². The zero-order chi connectivity index (χ0) is 15.8. The van der Waals surface area contributed by atoms with E-state index in [1.165, 1.54) is 26.2 Å². The maximum atomic E-state index is 4.48. The van der Waals surface area contributed by atoms with Gasteiger partial charge in [0, 0.05) is 0 Å². The molecule has 0 atom stereocenters. The van der Waals surface area contributed by atoms with Crippen LogP contribution < -0.4 is 9.80 Å². The second-order valence-electron chi connectivity index (χ2n) is 7.99. The molecule has 1 aromatic heterocycles. The van der Waals surface area contributed by atoms with Crippen molar-refractivity contribution >= 4 is 11.6 Å². The molecule has 3 heterocycles. The van der Waals surface area contributed by atoms with Gasteiger partial charge in [0.15, 0.2) is 11.6 Å². The highest BCUT2D eigenvalue weighted by molar-refractivity contribution is 5.45. The van der Waals surface area contributed by atoms with Gasteiger partial charge in [-0.1, -0.05) is 0 Å². The Kier molecular flexibility index (Phi) is 3.99. The van der Waals surface area contributed by atoms with Crippen LogP contribution >= 0.6 is 0 Å². The number of likely N-dealkylation sites (N-methyl/N-ethyl adjacent to an activating group) is 2. The lowest BCUT2D eigenvalue weighted by atomic mass is 10.2. The van der Waals surface area contributed by atoms with Crippen molar-refractivity contribution in [3.05, 3.63) is 12.1 Å². The van der Waals surface area contributed by atoms with Crippen LogP contribution in [0.25, 0.3) is 0 Å². The van der Waals surface area contributed by atoms with E-state index in [2.05, 4.69) is 60.3 Å². The molecule has 0 aromatic carbocycles. The van der Waals surface area contributed by atoms with Crippen LogP contribution in [0.15, 0.2) is 12.1 Å². The molecule has 0 amide bonds. The first kappa shape index (κ1) is 15.5. The van der Waals surface area contributed by atoms with Gasteiger partial charge in [0.05, 0.1) is 80.5 Å². The van der Waals surface area contributed by atoms with E-state index in [1.54, 1.807) is 0 Å². The number of piperazine rings is 2. The summed E-state index contributed by atoms with van der Waals surface area (Å²) in [7, 11) is 9.18. The fourth-order valence-corrected chi connectivity index (χ4v) is 3.13. The third-order valence-corrected chi connectivity index (χ3v) is 5.19. The monoisotopic (exact) mass is 306 g/mol. The second-order valence-corrected chi connectivity index (χ2v) is 7.99. The van der Waals surface area contributed by atoms with E-state index >= 15 is 0 Å². The predicted octanol–water partition coefficient (Wildman–Crippen LogP) is 0.269. The van der Waals surface area contributed by atoms with Gasteiger partial charge >= 0.3 is 0 Å². The van der Waals surface area contributed by atoms with Gasteiger partial charge in [-0.05, 0) is 12.1 Å². The highest BCUT2D eigenvalue weighted by atomic mass is 15.4. The lowest BCUT2D eigenvalue weighted by Crippen LogP contribution is -2.55. The highest BCUT2D eigenvalue weighted by Gasteiger charge is 2.27. The molecule has 2 fully saturated rings. The van der Waals surface area contributed by atoms with E-state index in [1.807, 2.05) is 0 Å². The summed E-state index contributed by atoms with van der Waals surface area (Å²) >= 11 is 0. The predicted molar refractivity (Wildman–Crippen MR) is 90.1 cm³/mol. The van der Waals surface area contributed by atoms with Gasteiger partial charge in [0.2, 0.25) is 0 Å². The number of anilines is 2. The molecular weight excluding hydrogens is 276 g/mol. The summed E-state index contributed by atoms with van der Waals surface area (Å²) < 4.78 is 2.20. The molecule has 0 radical (unpaired) electrons. The third-order valence-electron chi connectivity index (χ3n) is 5.19. The fraction of sp³-hybridized carbons (Fsp3) is 0.750. The molecule has 6 nitrogen and oxygen atoms in total. The Labute approximate surface area is 134 Å². The minimum atomic E-state index is 1.02. The van der Waals surface area contributed by atoms with Gasteiger partial charge in [0.25, 0.3) is 0 Å². The van der Waals surface area contributed by atoms with Crippen molar-refractivity contribution in [3.63, 3.8) is 0 Å². The number of quaternary nitrogens is 2. The SMILES string of the molecule is C[N+]1(C)CCN(c2ccc(N3CC[N+](C)(C)CC3)nn2)CC1. The van der Waals surface area contributed by atoms with Crippen LogP contribution in [-0.2, 0) is 0 Å². The van der Waals surface area contributed by atoms with E-state index in [4.69, 9.17) is 0 Å². The van der Waals surface area contributed by atoms with Gasteiger partial charge in [-0.25, -0.2) is 0 Å².